The summed E-state index contributed by atoms with van der Waals surface area (Å²) in [5, 5.41) is 2.26. The normalized spacial score (nSPS) is 29.7. The molecule has 0 aromatic carbocycles. The molecule has 0 aromatic heterocycles. The highest BCUT2D eigenvalue weighted by Gasteiger charge is 2.47. The Morgan fingerprint density at radius 1 is 1.14 bits per heavy atom. The molecule has 0 radical (unpaired) electrons. The Morgan fingerprint density at radius 2 is 1.81 bits per heavy atom. The first-order valence-electron chi connectivity index (χ1n) is 8.60. The molecule has 1 aliphatic heterocycles. The lowest BCUT2D eigenvalue weighted by molar-refractivity contribution is -0.309. The summed E-state index contributed by atoms with van der Waals surface area (Å²) in [6.45, 7) is 12.2. The molecule has 1 unspecified atom stereocenters. The lowest BCUT2D eigenvalue weighted by atomic mass is 9.80. The molecular formula is C18H33NO2. The number of allylic oxidation sites excluding steroid dienone is 1. The highest BCUT2D eigenvalue weighted by molar-refractivity contribution is 4.99. The van der Waals surface area contributed by atoms with Crippen LogP contribution >= 0.6 is 0 Å². The first kappa shape index (κ1) is 17.0. The minimum atomic E-state index is 0.00540. The number of hydroxylamine groups is 2. The van der Waals surface area contributed by atoms with Crippen molar-refractivity contribution in [2.24, 2.45) is 0 Å². The van der Waals surface area contributed by atoms with Crippen molar-refractivity contribution in [3.8, 4) is 0 Å². The fraction of sp³-hybridized carbons (Fsp3) is 0.889. The van der Waals surface area contributed by atoms with Crippen LogP contribution in [0.2, 0.25) is 0 Å². The Morgan fingerprint density at radius 3 is 2.33 bits per heavy atom. The van der Waals surface area contributed by atoms with Crippen LogP contribution < -0.4 is 0 Å². The molecule has 1 aliphatic carbocycles. The first-order chi connectivity index (χ1) is 9.85. The predicted molar refractivity (Wildman–Crippen MR) is 87.1 cm³/mol. The lowest BCUT2D eigenvalue weighted by Gasteiger charge is -2.54. The van der Waals surface area contributed by atoms with Gasteiger partial charge in [-0.05, 0) is 66.2 Å². The van der Waals surface area contributed by atoms with Crippen molar-refractivity contribution in [3.05, 3.63) is 12.2 Å². The molecule has 122 valence electrons. The largest absolute Gasteiger partial charge is 0.378 e. The van der Waals surface area contributed by atoms with Gasteiger partial charge in [-0.2, -0.15) is 5.06 Å². The van der Waals surface area contributed by atoms with E-state index >= 15 is 0 Å². The number of piperidine rings is 1. The quantitative estimate of drug-likeness (QED) is 0.698. The van der Waals surface area contributed by atoms with Crippen molar-refractivity contribution in [2.45, 2.75) is 96.4 Å². The van der Waals surface area contributed by atoms with Crippen LogP contribution in [0.15, 0.2) is 12.2 Å². The van der Waals surface area contributed by atoms with Gasteiger partial charge in [0.05, 0.1) is 12.2 Å². The minimum Gasteiger partial charge on any atom is -0.378 e. The molecule has 0 spiro atoms. The van der Waals surface area contributed by atoms with Crippen LogP contribution in [0.1, 0.15) is 73.1 Å². The Hall–Kier alpha value is -0.380. The molecule has 1 heterocycles. The maximum absolute atomic E-state index is 6.41. The molecule has 3 heteroatoms. The van der Waals surface area contributed by atoms with E-state index in [1.807, 2.05) is 0 Å². The second-order valence-electron chi connectivity index (χ2n) is 7.82. The third kappa shape index (κ3) is 4.30. The second kappa shape index (κ2) is 6.80. The van der Waals surface area contributed by atoms with E-state index in [4.69, 9.17) is 9.57 Å². The van der Waals surface area contributed by atoms with Crippen LogP contribution in [-0.4, -0.2) is 35.0 Å². The Labute approximate surface area is 130 Å². The standard InChI is InChI=1S/C18H33NO2/c1-6-12-20-16-13-17(2,3)19(18(4,5)14-16)21-15-10-8-7-9-11-15/h8,10,15-16H,6-7,9,11-14H2,1-5H3. The van der Waals surface area contributed by atoms with Crippen molar-refractivity contribution in [1.29, 1.82) is 0 Å². The van der Waals surface area contributed by atoms with Gasteiger partial charge < -0.3 is 4.74 Å². The van der Waals surface area contributed by atoms with E-state index in [1.54, 1.807) is 0 Å². The van der Waals surface area contributed by atoms with Gasteiger partial charge in [0.1, 0.15) is 0 Å². The Bertz CT molecular complexity index is 344. The van der Waals surface area contributed by atoms with Crippen LogP contribution in [0.3, 0.4) is 0 Å². The molecule has 0 amide bonds. The molecule has 0 N–H and O–H groups in total. The van der Waals surface area contributed by atoms with E-state index in [0.717, 1.165) is 32.3 Å². The van der Waals surface area contributed by atoms with Gasteiger partial charge in [-0.1, -0.05) is 19.1 Å². The fourth-order valence-corrected chi connectivity index (χ4v) is 3.86. The van der Waals surface area contributed by atoms with Gasteiger partial charge in [0, 0.05) is 17.7 Å². The summed E-state index contributed by atoms with van der Waals surface area (Å²) in [6.07, 6.45) is 11.8. The zero-order chi connectivity index (χ0) is 15.5. The molecular weight excluding hydrogens is 262 g/mol. The first-order valence-corrected chi connectivity index (χ1v) is 8.60. The molecule has 0 saturated carbocycles. The van der Waals surface area contributed by atoms with Crippen molar-refractivity contribution < 1.29 is 9.57 Å². The number of ether oxygens (including phenoxy) is 1. The average molecular weight is 295 g/mol. The highest BCUT2D eigenvalue weighted by Crippen LogP contribution is 2.40. The minimum absolute atomic E-state index is 0.00540. The van der Waals surface area contributed by atoms with Crippen LogP contribution in [-0.2, 0) is 9.57 Å². The monoisotopic (exact) mass is 295 g/mol. The van der Waals surface area contributed by atoms with E-state index in [2.05, 4.69) is 51.8 Å². The van der Waals surface area contributed by atoms with E-state index in [-0.39, 0.29) is 17.2 Å². The smallest absolute Gasteiger partial charge is 0.0974 e. The topological polar surface area (TPSA) is 21.7 Å². The SMILES string of the molecule is CCCOC1CC(C)(C)N(OC2C=CCCC2)C(C)(C)C1. The number of rotatable bonds is 5. The third-order valence-electron chi connectivity index (χ3n) is 4.56. The zero-order valence-electron chi connectivity index (χ0n) is 14.5. The molecule has 21 heavy (non-hydrogen) atoms. The van der Waals surface area contributed by atoms with Crippen LogP contribution in [0.4, 0.5) is 0 Å². The second-order valence-corrected chi connectivity index (χ2v) is 7.82. The summed E-state index contributed by atoms with van der Waals surface area (Å²) in [5.74, 6) is 0. The Balaban J connectivity index is 2.05. The molecule has 0 aromatic rings. The molecule has 2 rings (SSSR count). The van der Waals surface area contributed by atoms with Crippen LogP contribution in [0, 0.1) is 0 Å². The Kier molecular flexibility index (Phi) is 5.50. The summed E-state index contributed by atoms with van der Waals surface area (Å²) in [5.41, 5.74) is 0.0108. The van der Waals surface area contributed by atoms with Gasteiger partial charge >= 0.3 is 0 Å². The number of nitrogens with zero attached hydrogens (tertiary/aromatic N) is 1. The van der Waals surface area contributed by atoms with Gasteiger partial charge in [-0.15, -0.1) is 0 Å². The zero-order valence-corrected chi connectivity index (χ0v) is 14.5. The van der Waals surface area contributed by atoms with Gasteiger partial charge in [-0.3, -0.25) is 4.84 Å². The summed E-state index contributed by atoms with van der Waals surface area (Å²) in [6, 6.07) is 0. The predicted octanol–water partition coefficient (Wildman–Crippen LogP) is 4.47. The molecule has 1 atom stereocenters. The van der Waals surface area contributed by atoms with E-state index in [1.165, 1.54) is 12.8 Å². The van der Waals surface area contributed by atoms with E-state index in [0.29, 0.717) is 6.10 Å². The highest BCUT2D eigenvalue weighted by atomic mass is 16.7. The van der Waals surface area contributed by atoms with Gasteiger partial charge in [0.15, 0.2) is 0 Å². The summed E-state index contributed by atoms with van der Waals surface area (Å²) in [4.78, 5) is 6.41. The third-order valence-corrected chi connectivity index (χ3v) is 4.56. The lowest BCUT2D eigenvalue weighted by Crippen LogP contribution is -2.62. The number of hydrogen-bond acceptors (Lipinski definition) is 3. The summed E-state index contributed by atoms with van der Waals surface area (Å²) >= 11 is 0. The average Bonchev–Trinajstić information content (AvgIpc) is 2.41. The maximum Gasteiger partial charge on any atom is 0.0974 e. The molecule has 1 saturated heterocycles. The summed E-state index contributed by atoms with van der Waals surface area (Å²) in [7, 11) is 0. The van der Waals surface area contributed by atoms with E-state index < -0.39 is 0 Å². The molecule has 3 nitrogen and oxygen atoms in total. The fourth-order valence-electron chi connectivity index (χ4n) is 3.86. The van der Waals surface area contributed by atoms with Gasteiger partial charge in [0.2, 0.25) is 0 Å². The summed E-state index contributed by atoms with van der Waals surface area (Å²) < 4.78 is 6.05. The maximum atomic E-state index is 6.41. The van der Waals surface area contributed by atoms with Crippen LogP contribution in [0.25, 0.3) is 0 Å². The number of hydrogen-bond donors (Lipinski definition) is 0. The molecule has 0 bridgehead atoms. The molecule has 2 aliphatic rings. The van der Waals surface area contributed by atoms with Crippen LogP contribution in [0.5, 0.6) is 0 Å². The van der Waals surface area contributed by atoms with Crippen molar-refractivity contribution in [1.82, 2.24) is 5.06 Å². The van der Waals surface area contributed by atoms with Crippen molar-refractivity contribution in [2.75, 3.05) is 6.61 Å². The van der Waals surface area contributed by atoms with Gasteiger partial charge in [-0.25, -0.2) is 0 Å². The van der Waals surface area contributed by atoms with Crippen molar-refractivity contribution >= 4 is 0 Å². The van der Waals surface area contributed by atoms with E-state index in [9.17, 15) is 0 Å². The van der Waals surface area contributed by atoms with Gasteiger partial charge in [0.25, 0.3) is 0 Å². The van der Waals surface area contributed by atoms with Crippen molar-refractivity contribution in [3.63, 3.8) is 0 Å². The molecule has 1 fully saturated rings.